The molecular formula is C36H51N3O6. The topological polar surface area (TPSA) is 114 Å². The lowest BCUT2D eigenvalue weighted by Crippen LogP contribution is -2.59. The van der Waals surface area contributed by atoms with E-state index in [0.717, 1.165) is 30.4 Å². The van der Waals surface area contributed by atoms with Crippen molar-refractivity contribution in [1.29, 1.82) is 0 Å². The van der Waals surface area contributed by atoms with Gasteiger partial charge in [0.25, 0.3) is 0 Å². The second-order valence-corrected chi connectivity index (χ2v) is 14.2. The smallest absolute Gasteiger partial charge is 0.408 e. The van der Waals surface area contributed by atoms with Crippen LogP contribution in [0, 0.1) is 12.8 Å². The van der Waals surface area contributed by atoms with E-state index in [9.17, 15) is 19.2 Å². The molecule has 3 rings (SSSR count). The monoisotopic (exact) mass is 621 g/mol. The molecule has 0 aliphatic heterocycles. The predicted octanol–water partition coefficient (Wildman–Crippen LogP) is 6.04. The highest BCUT2D eigenvalue weighted by Gasteiger charge is 2.44. The van der Waals surface area contributed by atoms with E-state index in [0.29, 0.717) is 5.56 Å². The Hall–Kier alpha value is -3.88. The lowest BCUT2D eigenvalue weighted by molar-refractivity contribution is -0.159. The number of amides is 3. The number of alkyl carbamates (subject to hydrolysis) is 1. The second kappa shape index (κ2) is 14.9. The molecule has 2 N–H and O–H groups in total. The first-order chi connectivity index (χ1) is 21.0. The standard InChI is InChI=1S/C36H51N3O6/c1-23(2)29(38-34(43)45-36(7,8)9)32(41)39(26-19-15-20-26)30(27-21-14-13-16-24(27)3)31(40)37-28(33(42)44-35(4,5)6)22-25-17-11-10-12-18-25/h10-14,16-18,21,23,26,28-30H,15,19-20,22H2,1-9H3,(H,37,40)(H,38,43). The number of nitrogens with zero attached hydrogens (tertiary/aromatic N) is 1. The normalized spacial score (nSPS) is 15.7. The number of ether oxygens (including phenoxy) is 2. The number of nitrogens with one attached hydrogen (secondary N) is 2. The molecular weight excluding hydrogens is 570 g/mol. The van der Waals surface area contributed by atoms with Gasteiger partial charge in [0.15, 0.2) is 0 Å². The van der Waals surface area contributed by atoms with Crippen molar-refractivity contribution in [2.24, 2.45) is 5.92 Å². The van der Waals surface area contributed by atoms with Crippen molar-refractivity contribution < 1.29 is 28.7 Å². The van der Waals surface area contributed by atoms with Crippen LogP contribution in [-0.4, -0.2) is 58.1 Å². The number of hydrogen-bond donors (Lipinski definition) is 2. The van der Waals surface area contributed by atoms with E-state index in [2.05, 4.69) is 10.6 Å². The van der Waals surface area contributed by atoms with Crippen molar-refractivity contribution in [3.05, 3.63) is 71.3 Å². The summed E-state index contributed by atoms with van der Waals surface area (Å²) in [5, 5.41) is 5.75. The van der Waals surface area contributed by atoms with Gasteiger partial charge in [-0.05, 0) is 90.3 Å². The summed E-state index contributed by atoms with van der Waals surface area (Å²) in [6.45, 7) is 16.2. The van der Waals surface area contributed by atoms with Crippen LogP contribution >= 0.6 is 0 Å². The Kier molecular flexibility index (Phi) is 11.8. The summed E-state index contributed by atoms with van der Waals surface area (Å²) in [7, 11) is 0. The highest BCUT2D eigenvalue weighted by Crippen LogP contribution is 2.35. The van der Waals surface area contributed by atoms with Crippen LogP contribution in [0.3, 0.4) is 0 Å². The van der Waals surface area contributed by atoms with E-state index >= 15 is 0 Å². The van der Waals surface area contributed by atoms with Gasteiger partial charge in [0.1, 0.15) is 29.3 Å². The Labute approximate surface area is 268 Å². The summed E-state index contributed by atoms with van der Waals surface area (Å²) < 4.78 is 11.2. The van der Waals surface area contributed by atoms with Crippen LogP contribution in [0.2, 0.25) is 0 Å². The van der Waals surface area contributed by atoms with Gasteiger partial charge in [-0.15, -0.1) is 0 Å². The molecule has 0 radical (unpaired) electrons. The quantitative estimate of drug-likeness (QED) is 0.296. The first-order valence-corrected chi connectivity index (χ1v) is 15.9. The van der Waals surface area contributed by atoms with E-state index in [4.69, 9.17) is 9.47 Å². The minimum atomic E-state index is -1.05. The fourth-order valence-corrected chi connectivity index (χ4v) is 5.27. The first-order valence-electron chi connectivity index (χ1n) is 15.9. The van der Waals surface area contributed by atoms with Gasteiger partial charge in [0, 0.05) is 12.5 Å². The van der Waals surface area contributed by atoms with Gasteiger partial charge in [-0.2, -0.15) is 0 Å². The number of rotatable bonds is 11. The maximum atomic E-state index is 14.5. The number of carbonyl (C=O) groups excluding carboxylic acids is 4. The van der Waals surface area contributed by atoms with Gasteiger partial charge < -0.3 is 25.0 Å². The van der Waals surface area contributed by atoms with Crippen LogP contribution in [0.1, 0.15) is 97.4 Å². The highest BCUT2D eigenvalue weighted by molar-refractivity contribution is 5.94. The molecule has 0 heterocycles. The first kappa shape index (κ1) is 35.6. The Balaban J connectivity index is 2.06. The predicted molar refractivity (Wildman–Crippen MR) is 174 cm³/mol. The molecule has 2 aromatic carbocycles. The van der Waals surface area contributed by atoms with E-state index in [-0.39, 0.29) is 24.3 Å². The molecule has 246 valence electrons. The molecule has 45 heavy (non-hydrogen) atoms. The summed E-state index contributed by atoms with van der Waals surface area (Å²) in [5.74, 6) is -1.71. The molecule has 1 aliphatic rings. The van der Waals surface area contributed by atoms with Gasteiger partial charge >= 0.3 is 12.1 Å². The lowest BCUT2D eigenvalue weighted by Gasteiger charge is -2.44. The van der Waals surface area contributed by atoms with E-state index < -0.39 is 47.3 Å². The number of benzene rings is 2. The maximum Gasteiger partial charge on any atom is 0.408 e. The van der Waals surface area contributed by atoms with Crippen molar-refractivity contribution in [2.45, 2.75) is 123 Å². The summed E-state index contributed by atoms with van der Waals surface area (Å²) in [5.41, 5.74) is 0.819. The summed E-state index contributed by atoms with van der Waals surface area (Å²) >= 11 is 0. The number of aryl methyl sites for hydroxylation is 1. The molecule has 2 aromatic rings. The van der Waals surface area contributed by atoms with E-state index in [1.165, 1.54) is 0 Å². The summed E-state index contributed by atoms with van der Waals surface area (Å²) in [4.78, 5) is 57.0. The van der Waals surface area contributed by atoms with Crippen LogP contribution < -0.4 is 10.6 Å². The molecule has 9 heteroatoms. The molecule has 0 spiro atoms. The van der Waals surface area contributed by atoms with Crippen molar-refractivity contribution >= 4 is 23.9 Å². The van der Waals surface area contributed by atoms with Crippen molar-refractivity contribution in [1.82, 2.24) is 15.5 Å². The van der Waals surface area contributed by atoms with Gasteiger partial charge in [-0.1, -0.05) is 68.4 Å². The number of esters is 1. The third-order valence-corrected chi connectivity index (χ3v) is 7.63. The molecule has 1 aliphatic carbocycles. The molecule has 1 fully saturated rings. The Morgan fingerprint density at radius 2 is 1.42 bits per heavy atom. The molecule has 9 nitrogen and oxygen atoms in total. The number of hydrogen-bond acceptors (Lipinski definition) is 6. The Morgan fingerprint density at radius 3 is 1.93 bits per heavy atom. The number of carbonyl (C=O) groups is 4. The fourth-order valence-electron chi connectivity index (χ4n) is 5.27. The summed E-state index contributed by atoms with van der Waals surface area (Å²) in [6, 6.07) is 13.7. The van der Waals surface area contributed by atoms with Gasteiger partial charge in [0.2, 0.25) is 11.8 Å². The minimum Gasteiger partial charge on any atom is -0.458 e. The van der Waals surface area contributed by atoms with Crippen molar-refractivity contribution in [3.63, 3.8) is 0 Å². The zero-order chi connectivity index (χ0) is 33.5. The molecule has 0 aromatic heterocycles. The van der Waals surface area contributed by atoms with Crippen LogP contribution in [0.4, 0.5) is 4.79 Å². The average Bonchev–Trinajstić information content (AvgIpc) is 2.89. The highest BCUT2D eigenvalue weighted by atomic mass is 16.6. The van der Waals surface area contributed by atoms with Crippen molar-refractivity contribution in [2.75, 3.05) is 0 Å². The molecule has 0 saturated heterocycles. The Bertz CT molecular complexity index is 1320. The second-order valence-electron chi connectivity index (χ2n) is 14.2. The zero-order valence-corrected chi connectivity index (χ0v) is 28.3. The molecule has 3 unspecified atom stereocenters. The maximum absolute atomic E-state index is 14.5. The van der Waals surface area contributed by atoms with Gasteiger partial charge in [-0.25, -0.2) is 9.59 Å². The zero-order valence-electron chi connectivity index (χ0n) is 28.3. The average molecular weight is 622 g/mol. The molecule has 0 bridgehead atoms. The molecule has 3 atom stereocenters. The SMILES string of the molecule is Cc1ccccc1C(C(=O)NC(Cc1ccccc1)C(=O)OC(C)(C)C)N(C(=O)C(NC(=O)OC(C)(C)C)C(C)C)C1CCC1. The van der Waals surface area contributed by atoms with Crippen LogP contribution in [0.5, 0.6) is 0 Å². The lowest BCUT2D eigenvalue weighted by atomic mass is 9.86. The largest absolute Gasteiger partial charge is 0.458 e. The van der Waals surface area contributed by atoms with Gasteiger partial charge in [0.05, 0.1) is 0 Å². The molecule has 3 amide bonds. The Morgan fingerprint density at radius 1 is 0.844 bits per heavy atom. The van der Waals surface area contributed by atoms with Crippen LogP contribution in [0.15, 0.2) is 54.6 Å². The van der Waals surface area contributed by atoms with Gasteiger partial charge in [-0.3, -0.25) is 9.59 Å². The van der Waals surface area contributed by atoms with E-state index in [1.807, 2.05) is 75.4 Å². The summed E-state index contributed by atoms with van der Waals surface area (Å²) in [6.07, 6.45) is 1.87. The third-order valence-electron chi connectivity index (χ3n) is 7.63. The minimum absolute atomic E-state index is 0.216. The van der Waals surface area contributed by atoms with Crippen LogP contribution in [-0.2, 0) is 30.3 Å². The molecule has 1 saturated carbocycles. The third kappa shape index (κ3) is 10.3. The van der Waals surface area contributed by atoms with E-state index in [1.54, 1.807) is 46.4 Å². The fraction of sp³-hybridized carbons (Fsp3) is 0.556. The van der Waals surface area contributed by atoms with Crippen LogP contribution in [0.25, 0.3) is 0 Å². The van der Waals surface area contributed by atoms with Crippen molar-refractivity contribution in [3.8, 4) is 0 Å².